The van der Waals surface area contributed by atoms with Gasteiger partial charge in [-0.15, -0.1) is 0 Å². The van der Waals surface area contributed by atoms with Crippen LogP contribution in [0, 0.1) is 0 Å². The predicted octanol–water partition coefficient (Wildman–Crippen LogP) is -1.58. The van der Waals surface area contributed by atoms with Gasteiger partial charge in [-0.2, -0.15) is 4.99 Å². The molecule has 0 atom stereocenters. The van der Waals surface area contributed by atoms with Crippen LogP contribution in [0.15, 0.2) is 4.99 Å². The summed E-state index contributed by atoms with van der Waals surface area (Å²) in [5.74, 6) is -1.86. The molecule has 11 heteroatoms. The molecule has 9 N–H and O–H groups in total. The Morgan fingerprint density at radius 1 is 1.17 bits per heavy atom. The summed E-state index contributed by atoms with van der Waals surface area (Å²) in [7, 11) is 0. The van der Waals surface area contributed by atoms with Gasteiger partial charge in [0.2, 0.25) is 5.96 Å². The van der Waals surface area contributed by atoms with Gasteiger partial charge in [0.05, 0.1) is 0 Å². The van der Waals surface area contributed by atoms with Gasteiger partial charge >= 0.3 is 11.9 Å². The van der Waals surface area contributed by atoms with Crippen LogP contribution in [0.25, 0.3) is 0 Å². The zero-order valence-corrected chi connectivity index (χ0v) is 9.60. The van der Waals surface area contributed by atoms with E-state index in [1.54, 1.807) is 0 Å². The molecule has 96 valence electrons. The van der Waals surface area contributed by atoms with E-state index in [0.717, 1.165) is 0 Å². The van der Waals surface area contributed by atoms with Crippen LogP contribution >= 0.6 is 11.6 Å². The highest BCUT2D eigenvalue weighted by Crippen LogP contribution is 2.17. The van der Waals surface area contributed by atoms with Crippen molar-refractivity contribution in [1.82, 2.24) is 15.3 Å². The van der Waals surface area contributed by atoms with Gasteiger partial charge < -0.3 is 22.9 Å². The molecule has 1 heterocycles. The van der Waals surface area contributed by atoms with Crippen LogP contribution in [0.4, 0.5) is 16.4 Å². The molecule has 0 radical (unpaired) electrons. The molecule has 0 aliphatic carbocycles. The van der Waals surface area contributed by atoms with Gasteiger partial charge in [-0.3, -0.25) is 10.1 Å². The Hall–Kier alpha value is -2.62. The normalized spacial score (nSPS) is 11.1. The van der Waals surface area contributed by atoms with Crippen molar-refractivity contribution in [3.63, 3.8) is 0 Å². The molecule has 18 heavy (non-hydrogen) atoms. The predicted molar refractivity (Wildman–Crippen MR) is 64.5 cm³/mol. The number of aliphatic imine (C=N–C) groups is 1. The largest absolute Gasteiger partial charge is 0.382 e. The molecule has 0 aliphatic rings. The van der Waals surface area contributed by atoms with Crippen molar-refractivity contribution >= 4 is 41.1 Å². The maximum absolute atomic E-state index is 11.6. The molecule has 3 amide bonds. The topological polar surface area (TPSA) is 188 Å². The number of nitrogen functional groups attached to an aromatic ring is 2. The smallest absolute Gasteiger partial charge is 0.318 e. The number of anilines is 2. The van der Waals surface area contributed by atoms with Gasteiger partial charge in [0, 0.05) is 0 Å². The highest BCUT2D eigenvalue weighted by Gasteiger charge is 2.16. The summed E-state index contributed by atoms with van der Waals surface area (Å²) in [5, 5.41) is 1.68. The van der Waals surface area contributed by atoms with Crippen LogP contribution < -0.4 is 28.3 Å². The standard InChI is InChI=1S/C7H9ClN8O2/c8-2-4(10)14-3(9)1(13-2)5(17)15-6(11)16-7(12)18/h(H4,9,10,14)(H5,11,12,15,16,17,18). The van der Waals surface area contributed by atoms with Gasteiger partial charge in [0.1, 0.15) is 0 Å². The summed E-state index contributed by atoms with van der Waals surface area (Å²) in [6, 6.07) is -0.974. The first-order valence-corrected chi connectivity index (χ1v) is 4.72. The number of nitrogens with two attached hydrogens (primary N) is 4. The quantitative estimate of drug-likeness (QED) is 0.301. The zero-order chi connectivity index (χ0) is 13.9. The molecule has 0 aliphatic heterocycles. The third-order valence-electron chi connectivity index (χ3n) is 1.58. The fourth-order valence-electron chi connectivity index (χ4n) is 0.915. The first-order valence-electron chi connectivity index (χ1n) is 4.34. The van der Waals surface area contributed by atoms with Crippen molar-refractivity contribution in [1.29, 1.82) is 0 Å². The Morgan fingerprint density at radius 3 is 2.33 bits per heavy atom. The van der Waals surface area contributed by atoms with E-state index >= 15 is 0 Å². The summed E-state index contributed by atoms with van der Waals surface area (Å²) in [4.78, 5) is 32.5. The van der Waals surface area contributed by atoms with E-state index < -0.39 is 17.9 Å². The maximum atomic E-state index is 11.6. The molecular weight excluding hydrogens is 264 g/mol. The first kappa shape index (κ1) is 13.4. The molecule has 0 fully saturated rings. The number of carbonyl (C=O) groups is 2. The van der Waals surface area contributed by atoms with Crippen molar-refractivity contribution in [2.75, 3.05) is 11.5 Å². The second-order valence-corrected chi connectivity index (χ2v) is 3.28. The van der Waals surface area contributed by atoms with E-state index in [1.165, 1.54) is 0 Å². The molecule has 0 spiro atoms. The van der Waals surface area contributed by atoms with E-state index in [4.69, 9.17) is 34.5 Å². The lowest BCUT2D eigenvalue weighted by Crippen LogP contribution is -2.40. The number of amides is 3. The summed E-state index contributed by atoms with van der Waals surface area (Å²) in [6.07, 6.45) is 0. The highest BCUT2D eigenvalue weighted by molar-refractivity contribution is 6.31. The second-order valence-electron chi connectivity index (χ2n) is 2.92. The summed E-state index contributed by atoms with van der Waals surface area (Å²) in [5.41, 5.74) is 20.4. The fourth-order valence-corrected chi connectivity index (χ4v) is 1.04. The lowest BCUT2D eigenvalue weighted by Gasteiger charge is -2.03. The minimum absolute atomic E-state index is 0.127. The molecule has 0 bridgehead atoms. The van der Waals surface area contributed by atoms with Gasteiger partial charge in [-0.25, -0.2) is 14.8 Å². The van der Waals surface area contributed by atoms with Crippen molar-refractivity contribution in [2.45, 2.75) is 0 Å². The van der Waals surface area contributed by atoms with Crippen LogP contribution in [0.1, 0.15) is 10.5 Å². The number of aromatic nitrogens is 2. The molecule has 0 saturated heterocycles. The Labute approximate surface area is 105 Å². The fraction of sp³-hybridized carbons (Fsp3) is 0. The Kier molecular flexibility index (Phi) is 3.84. The van der Waals surface area contributed by atoms with Gasteiger partial charge in [0.25, 0.3) is 0 Å². The van der Waals surface area contributed by atoms with E-state index in [2.05, 4.69) is 15.0 Å². The summed E-state index contributed by atoms with van der Waals surface area (Å²) >= 11 is 5.57. The van der Waals surface area contributed by atoms with Crippen molar-refractivity contribution in [3.05, 3.63) is 10.8 Å². The van der Waals surface area contributed by atoms with E-state index in [0.29, 0.717) is 0 Å². The molecule has 1 rings (SSSR count). The number of primary amides is 1. The molecular formula is C7H9ClN8O2. The Balaban J connectivity index is 3.05. The van der Waals surface area contributed by atoms with E-state index in [-0.39, 0.29) is 22.5 Å². The number of carbonyl (C=O) groups excluding carboxylic acids is 2. The van der Waals surface area contributed by atoms with Crippen molar-refractivity contribution in [2.24, 2.45) is 16.5 Å². The number of hydrogen-bond acceptors (Lipinski definition) is 6. The molecule has 10 nitrogen and oxygen atoms in total. The molecule has 1 aromatic heterocycles. The van der Waals surface area contributed by atoms with E-state index in [1.807, 2.05) is 5.32 Å². The number of hydrogen-bond donors (Lipinski definition) is 5. The molecule has 0 saturated carbocycles. The monoisotopic (exact) mass is 272 g/mol. The number of rotatable bonds is 1. The number of nitrogens with one attached hydrogen (secondary N) is 1. The summed E-state index contributed by atoms with van der Waals surface area (Å²) in [6.45, 7) is 0. The average molecular weight is 273 g/mol. The number of nitrogens with zero attached hydrogens (tertiary/aromatic N) is 3. The van der Waals surface area contributed by atoms with Crippen molar-refractivity contribution in [3.8, 4) is 0 Å². The Bertz CT molecular complexity index is 542. The number of halogens is 1. The lowest BCUT2D eigenvalue weighted by atomic mass is 10.4. The van der Waals surface area contributed by atoms with Gasteiger partial charge in [-0.05, 0) is 0 Å². The maximum Gasteiger partial charge on any atom is 0.318 e. The number of guanidine groups is 1. The van der Waals surface area contributed by atoms with Crippen LogP contribution in [0.3, 0.4) is 0 Å². The minimum atomic E-state index is -0.974. The molecule has 1 aromatic rings. The third-order valence-corrected chi connectivity index (χ3v) is 1.86. The van der Waals surface area contributed by atoms with Crippen LogP contribution in [-0.2, 0) is 0 Å². The van der Waals surface area contributed by atoms with Crippen molar-refractivity contribution < 1.29 is 9.59 Å². The minimum Gasteiger partial charge on any atom is -0.382 e. The van der Waals surface area contributed by atoms with Gasteiger partial charge in [0.15, 0.2) is 22.5 Å². The van der Waals surface area contributed by atoms with Crippen LogP contribution in [-0.4, -0.2) is 27.9 Å². The molecule has 0 aromatic carbocycles. The molecule has 0 unspecified atom stereocenters. The average Bonchev–Trinajstić information content (AvgIpc) is 2.21. The van der Waals surface area contributed by atoms with E-state index in [9.17, 15) is 9.59 Å². The number of urea groups is 1. The third kappa shape index (κ3) is 3.18. The zero-order valence-electron chi connectivity index (χ0n) is 8.85. The van der Waals surface area contributed by atoms with Crippen LogP contribution in [0.2, 0.25) is 5.15 Å². The highest BCUT2D eigenvalue weighted by atomic mass is 35.5. The summed E-state index contributed by atoms with van der Waals surface area (Å²) < 4.78 is 0. The second kappa shape index (κ2) is 5.14. The van der Waals surface area contributed by atoms with Crippen LogP contribution in [0.5, 0.6) is 0 Å². The lowest BCUT2D eigenvalue weighted by molar-refractivity contribution is 0.0998. The van der Waals surface area contributed by atoms with Gasteiger partial charge in [-0.1, -0.05) is 11.6 Å². The Morgan fingerprint density at radius 2 is 1.78 bits per heavy atom. The SMILES string of the molecule is NC(=O)N/C(N)=N\C(=O)c1nc(Cl)c(N)nc1N. The first-order chi connectivity index (χ1) is 8.31.